The molecule has 5 aromatic rings. The van der Waals surface area contributed by atoms with E-state index in [1.54, 1.807) is 0 Å². The van der Waals surface area contributed by atoms with Crippen LogP contribution >= 0.6 is 0 Å². The standard InChI is InChI=1S/C37H41BN2O3/c1-8-9-10-15-25(2)40-32(20-14-17-27-16-13-19-30-29-18-11-12-21-34(29)41-35(27)30)26(3)31-24-28(22-23-33(31)40)38-39-43-37(6,7)36(4,5)42-38/h8,11-14,16,18-24,39H,1-2,9-10,15,17H2,3-7H3/b20-14-. The molecule has 1 N–H and O–H groups in total. The van der Waals surface area contributed by atoms with Crippen LogP contribution in [0.25, 0.3) is 44.6 Å². The highest BCUT2D eigenvalue weighted by atomic mass is 16.7. The van der Waals surface area contributed by atoms with E-state index in [1.165, 1.54) is 16.5 Å². The Labute approximate surface area is 254 Å². The molecular weight excluding hydrogens is 531 g/mol. The van der Waals surface area contributed by atoms with Crippen LogP contribution in [-0.4, -0.2) is 22.8 Å². The van der Waals surface area contributed by atoms with Gasteiger partial charge in [-0.25, -0.2) is 5.39 Å². The van der Waals surface area contributed by atoms with Crippen molar-refractivity contribution in [2.24, 2.45) is 0 Å². The molecule has 2 aromatic heterocycles. The fourth-order valence-electron chi connectivity index (χ4n) is 5.93. The SMILES string of the molecule is C=CCCCC(=C)n1c(/C=C\Cc2cccc3c2oc2ccccc23)c(C)c2cc(B3NOC(C)(C)C(C)(C)O3)ccc21. The summed E-state index contributed by atoms with van der Waals surface area (Å²) in [6, 6.07) is 21.2. The number of fused-ring (bicyclic) bond motifs is 4. The van der Waals surface area contributed by atoms with E-state index in [1.807, 2.05) is 32.1 Å². The van der Waals surface area contributed by atoms with Crippen LogP contribution in [0, 0.1) is 6.92 Å². The third-order valence-corrected chi connectivity index (χ3v) is 9.17. The molecule has 0 saturated carbocycles. The summed E-state index contributed by atoms with van der Waals surface area (Å²) >= 11 is 0. The van der Waals surface area contributed by atoms with Crippen molar-refractivity contribution in [3.05, 3.63) is 103 Å². The summed E-state index contributed by atoms with van der Waals surface area (Å²) in [5, 5.41) is 6.63. The van der Waals surface area contributed by atoms with Gasteiger partial charge in [0.15, 0.2) is 0 Å². The van der Waals surface area contributed by atoms with Gasteiger partial charge in [-0.1, -0.05) is 67.3 Å². The van der Waals surface area contributed by atoms with E-state index in [9.17, 15) is 0 Å². The molecule has 0 unspecified atom stereocenters. The molecule has 0 atom stereocenters. The highest BCUT2D eigenvalue weighted by Crippen LogP contribution is 2.34. The minimum absolute atomic E-state index is 0.366. The second kappa shape index (κ2) is 11.3. The van der Waals surface area contributed by atoms with Crippen molar-refractivity contribution in [1.29, 1.82) is 0 Å². The van der Waals surface area contributed by atoms with Crippen molar-refractivity contribution in [3.8, 4) is 0 Å². The highest BCUT2D eigenvalue weighted by Gasteiger charge is 2.47. The van der Waals surface area contributed by atoms with Crippen LogP contribution < -0.4 is 10.9 Å². The molecular formula is C37H41BN2O3. The Balaban J connectivity index is 1.37. The van der Waals surface area contributed by atoms with Crippen LogP contribution in [0.5, 0.6) is 0 Å². The van der Waals surface area contributed by atoms with Crippen LogP contribution in [0.3, 0.4) is 0 Å². The molecule has 0 spiro atoms. The maximum absolute atomic E-state index is 6.49. The molecule has 1 aliphatic rings. The minimum atomic E-state index is -0.463. The summed E-state index contributed by atoms with van der Waals surface area (Å²) in [6.07, 6.45) is 10.1. The molecule has 1 saturated heterocycles. The van der Waals surface area contributed by atoms with Crippen molar-refractivity contribution < 1.29 is 13.9 Å². The van der Waals surface area contributed by atoms with E-state index in [-0.39, 0.29) is 7.05 Å². The smallest absolute Gasteiger partial charge is 0.440 e. The molecule has 3 heterocycles. The number of nitrogens with one attached hydrogen (secondary N) is 1. The lowest BCUT2D eigenvalue weighted by Crippen LogP contribution is -2.66. The quantitative estimate of drug-likeness (QED) is 0.109. The minimum Gasteiger partial charge on any atom is -0.456 e. The molecule has 43 heavy (non-hydrogen) atoms. The van der Waals surface area contributed by atoms with Gasteiger partial charge in [-0.05, 0) is 95.1 Å². The van der Waals surface area contributed by atoms with E-state index in [0.717, 1.165) is 70.0 Å². The Bertz CT molecular complexity index is 1870. The van der Waals surface area contributed by atoms with Gasteiger partial charge in [-0.15, -0.1) is 6.58 Å². The van der Waals surface area contributed by atoms with E-state index >= 15 is 0 Å². The average molecular weight is 573 g/mol. The van der Waals surface area contributed by atoms with Crippen molar-refractivity contribution >= 4 is 57.1 Å². The first-order chi connectivity index (χ1) is 20.6. The van der Waals surface area contributed by atoms with Gasteiger partial charge in [0, 0.05) is 27.5 Å². The predicted octanol–water partition coefficient (Wildman–Crippen LogP) is 8.74. The summed E-state index contributed by atoms with van der Waals surface area (Å²) in [5.41, 5.74) is 7.71. The normalized spacial score (nSPS) is 16.5. The van der Waals surface area contributed by atoms with Gasteiger partial charge in [0.25, 0.3) is 0 Å². The topological polar surface area (TPSA) is 48.6 Å². The second-order valence-corrected chi connectivity index (χ2v) is 12.6. The molecule has 6 heteroatoms. The Kier molecular flexibility index (Phi) is 7.72. The number of unbranched alkanes of at least 4 members (excludes halogenated alkanes) is 1. The van der Waals surface area contributed by atoms with Gasteiger partial charge in [-0.2, -0.15) is 0 Å². The van der Waals surface area contributed by atoms with Gasteiger partial charge in [0.1, 0.15) is 16.8 Å². The molecule has 0 aliphatic carbocycles. The van der Waals surface area contributed by atoms with E-state index in [2.05, 4.69) is 105 Å². The third kappa shape index (κ3) is 5.29. The summed E-state index contributed by atoms with van der Waals surface area (Å²) < 4.78 is 15.1. The van der Waals surface area contributed by atoms with Crippen LogP contribution in [0.15, 0.2) is 90.4 Å². The lowest BCUT2D eigenvalue weighted by molar-refractivity contribution is -0.190. The summed E-state index contributed by atoms with van der Waals surface area (Å²) in [6.45, 7) is 18.8. The molecule has 5 nitrogen and oxygen atoms in total. The molecule has 0 bridgehead atoms. The summed E-state index contributed by atoms with van der Waals surface area (Å²) in [5.74, 6) is 0. The number of hydrogen-bond donors (Lipinski definition) is 1. The van der Waals surface area contributed by atoms with Gasteiger partial charge in [-0.3, -0.25) is 0 Å². The first kappa shape index (κ1) is 29.2. The Morgan fingerprint density at radius 3 is 2.56 bits per heavy atom. The molecule has 1 aliphatic heterocycles. The maximum atomic E-state index is 6.49. The third-order valence-electron chi connectivity index (χ3n) is 9.17. The van der Waals surface area contributed by atoms with Crippen LogP contribution in [0.1, 0.15) is 63.8 Å². The number of allylic oxidation sites excluding steroid dienone is 3. The molecule has 220 valence electrons. The first-order valence-corrected chi connectivity index (χ1v) is 15.2. The van der Waals surface area contributed by atoms with Crippen molar-refractivity contribution in [2.45, 2.75) is 71.5 Å². The Hall–Kier alpha value is -3.84. The number of benzene rings is 3. The van der Waals surface area contributed by atoms with Gasteiger partial charge in [0.2, 0.25) is 0 Å². The number of furan rings is 1. The predicted molar refractivity (Wildman–Crippen MR) is 181 cm³/mol. The van der Waals surface area contributed by atoms with Crippen LogP contribution in [-0.2, 0) is 15.9 Å². The molecule has 0 radical (unpaired) electrons. The molecule has 1 fully saturated rings. The number of aryl methyl sites for hydroxylation is 1. The fourth-order valence-corrected chi connectivity index (χ4v) is 5.93. The number of aromatic nitrogens is 1. The lowest BCUT2D eigenvalue weighted by Gasteiger charge is -2.47. The summed E-state index contributed by atoms with van der Waals surface area (Å²) in [4.78, 5) is 6.04. The highest BCUT2D eigenvalue weighted by molar-refractivity contribution is 6.65. The van der Waals surface area contributed by atoms with Crippen molar-refractivity contribution in [3.63, 3.8) is 0 Å². The zero-order valence-electron chi connectivity index (χ0n) is 26.0. The van der Waals surface area contributed by atoms with Crippen molar-refractivity contribution in [1.82, 2.24) is 9.96 Å². The maximum Gasteiger partial charge on any atom is 0.440 e. The van der Waals surface area contributed by atoms with Gasteiger partial charge >= 0.3 is 7.05 Å². The van der Waals surface area contributed by atoms with Crippen molar-refractivity contribution in [2.75, 3.05) is 0 Å². The van der Waals surface area contributed by atoms with E-state index in [0.29, 0.717) is 0 Å². The Morgan fingerprint density at radius 2 is 1.77 bits per heavy atom. The summed E-state index contributed by atoms with van der Waals surface area (Å²) in [7, 11) is -0.366. The molecule has 6 rings (SSSR count). The second-order valence-electron chi connectivity index (χ2n) is 12.6. The number of hydrogen-bond acceptors (Lipinski definition) is 4. The zero-order valence-corrected chi connectivity index (χ0v) is 26.0. The number of para-hydroxylation sites is 2. The Morgan fingerprint density at radius 1 is 0.977 bits per heavy atom. The van der Waals surface area contributed by atoms with Crippen LogP contribution in [0.2, 0.25) is 0 Å². The average Bonchev–Trinajstić information content (AvgIpc) is 3.50. The molecule has 3 aromatic carbocycles. The lowest BCUT2D eigenvalue weighted by atomic mass is 9.71. The monoisotopic (exact) mass is 572 g/mol. The van der Waals surface area contributed by atoms with Gasteiger partial charge < -0.3 is 18.5 Å². The molecule has 0 amide bonds. The van der Waals surface area contributed by atoms with E-state index in [4.69, 9.17) is 13.9 Å². The van der Waals surface area contributed by atoms with Gasteiger partial charge in [0.05, 0.1) is 11.1 Å². The van der Waals surface area contributed by atoms with Crippen LogP contribution in [0.4, 0.5) is 0 Å². The first-order valence-electron chi connectivity index (χ1n) is 15.2. The van der Waals surface area contributed by atoms with E-state index < -0.39 is 11.2 Å². The number of rotatable bonds is 9. The zero-order chi connectivity index (χ0) is 30.4. The largest absolute Gasteiger partial charge is 0.456 e. The fraction of sp³-hybridized carbons (Fsp3) is 0.297. The number of nitrogens with zero attached hydrogens (tertiary/aromatic N) is 1.